The minimum atomic E-state index is -0.199. The molecule has 3 heteroatoms. The smallest absolute Gasteiger partial charge is 0.302 e. The largest absolute Gasteiger partial charge is 0.466 e. The zero-order valence-electron chi connectivity index (χ0n) is 8.23. The van der Waals surface area contributed by atoms with Crippen molar-refractivity contribution in [2.45, 2.75) is 18.2 Å². The summed E-state index contributed by atoms with van der Waals surface area (Å²) in [7, 11) is 0. The zero-order valence-corrected chi connectivity index (χ0v) is 9.05. The lowest BCUT2D eigenvalue weighted by atomic mass is 10.4. The number of esters is 1. The second-order valence-electron chi connectivity index (χ2n) is 2.86. The number of thioether (sulfide) groups is 1. The summed E-state index contributed by atoms with van der Waals surface area (Å²) in [6, 6.07) is 10.2. The van der Waals surface area contributed by atoms with Gasteiger partial charge in [-0.25, -0.2) is 0 Å². The van der Waals surface area contributed by atoms with Crippen molar-refractivity contribution >= 4 is 17.7 Å². The molecule has 0 aromatic heterocycles. The van der Waals surface area contributed by atoms with E-state index in [1.54, 1.807) is 11.8 Å². The molecule has 0 aliphatic carbocycles. The molecule has 1 aromatic carbocycles. The first-order chi connectivity index (χ1) is 6.79. The van der Waals surface area contributed by atoms with Gasteiger partial charge in [-0.15, -0.1) is 11.8 Å². The van der Waals surface area contributed by atoms with E-state index in [1.165, 1.54) is 11.8 Å². The van der Waals surface area contributed by atoms with Crippen LogP contribution in [0.1, 0.15) is 13.3 Å². The molecule has 0 amide bonds. The molecule has 0 aliphatic rings. The second-order valence-corrected chi connectivity index (χ2v) is 4.02. The molecule has 1 rings (SSSR count). The van der Waals surface area contributed by atoms with E-state index in [1.807, 2.05) is 18.2 Å². The quantitative estimate of drug-likeness (QED) is 0.424. The molecule has 0 N–H and O–H groups in total. The molecule has 0 heterocycles. The maximum Gasteiger partial charge on any atom is 0.302 e. The van der Waals surface area contributed by atoms with Crippen LogP contribution in [0.15, 0.2) is 35.2 Å². The summed E-state index contributed by atoms with van der Waals surface area (Å²) in [6.07, 6.45) is 0.902. The number of hydrogen-bond donors (Lipinski definition) is 0. The molecule has 76 valence electrons. The van der Waals surface area contributed by atoms with Gasteiger partial charge in [-0.1, -0.05) is 18.2 Å². The van der Waals surface area contributed by atoms with Gasteiger partial charge in [-0.05, 0) is 18.6 Å². The average molecular weight is 210 g/mol. The van der Waals surface area contributed by atoms with E-state index in [2.05, 4.69) is 12.1 Å². The lowest BCUT2D eigenvalue weighted by Crippen LogP contribution is -2.00. The van der Waals surface area contributed by atoms with Crippen molar-refractivity contribution in [3.05, 3.63) is 30.3 Å². The highest BCUT2D eigenvalue weighted by Crippen LogP contribution is 2.17. The van der Waals surface area contributed by atoms with E-state index in [4.69, 9.17) is 4.74 Å². The lowest BCUT2D eigenvalue weighted by molar-refractivity contribution is -0.140. The number of rotatable bonds is 5. The van der Waals surface area contributed by atoms with Crippen LogP contribution in [0.3, 0.4) is 0 Å². The number of hydrogen-bond acceptors (Lipinski definition) is 3. The number of carbonyl (C=O) groups excluding carboxylic acids is 1. The van der Waals surface area contributed by atoms with Crippen LogP contribution in [0.5, 0.6) is 0 Å². The van der Waals surface area contributed by atoms with E-state index in [0.29, 0.717) is 6.61 Å². The van der Waals surface area contributed by atoms with Gasteiger partial charge in [-0.3, -0.25) is 4.79 Å². The first-order valence-electron chi connectivity index (χ1n) is 4.60. The van der Waals surface area contributed by atoms with Crippen LogP contribution in [-0.2, 0) is 9.53 Å². The molecule has 0 spiro atoms. The summed E-state index contributed by atoms with van der Waals surface area (Å²) in [5, 5.41) is 0. The normalized spacial score (nSPS) is 9.79. The van der Waals surface area contributed by atoms with Crippen molar-refractivity contribution in [3.8, 4) is 0 Å². The van der Waals surface area contributed by atoms with Crippen LogP contribution >= 0.6 is 11.8 Å². The SMILES string of the molecule is CC(=O)OCCCSc1ccccc1. The minimum Gasteiger partial charge on any atom is -0.466 e. The van der Waals surface area contributed by atoms with Gasteiger partial charge in [0.25, 0.3) is 0 Å². The molecule has 0 bridgehead atoms. The molecule has 0 fully saturated rings. The van der Waals surface area contributed by atoms with Crippen LogP contribution in [0, 0.1) is 0 Å². The van der Waals surface area contributed by atoms with Gasteiger partial charge in [0.1, 0.15) is 0 Å². The van der Waals surface area contributed by atoms with Crippen LogP contribution in [0.4, 0.5) is 0 Å². The predicted molar refractivity (Wildman–Crippen MR) is 58.4 cm³/mol. The summed E-state index contributed by atoms with van der Waals surface area (Å²) < 4.78 is 4.83. The molecule has 1 aromatic rings. The molecule has 14 heavy (non-hydrogen) atoms. The van der Waals surface area contributed by atoms with Gasteiger partial charge in [0, 0.05) is 17.6 Å². The average Bonchev–Trinajstić information content (AvgIpc) is 2.18. The Morgan fingerprint density at radius 3 is 2.71 bits per heavy atom. The fourth-order valence-corrected chi connectivity index (χ4v) is 1.83. The van der Waals surface area contributed by atoms with Crippen LogP contribution in [0.2, 0.25) is 0 Å². The maximum absolute atomic E-state index is 10.4. The molecule has 0 radical (unpaired) electrons. The Hall–Kier alpha value is -0.960. The molecule has 0 atom stereocenters. The molecule has 2 nitrogen and oxygen atoms in total. The Balaban J connectivity index is 2.08. The van der Waals surface area contributed by atoms with E-state index in [9.17, 15) is 4.79 Å². The van der Waals surface area contributed by atoms with Crippen molar-refractivity contribution in [3.63, 3.8) is 0 Å². The van der Waals surface area contributed by atoms with E-state index in [-0.39, 0.29) is 5.97 Å². The molecule has 0 saturated heterocycles. The van der Waals surface area contributed by atoms with Crippen LogP contribution < -0.4 is 0 Å². The van der Waals surface area contributed by atoms with Crippen LogP contribution in [0.25, 0.3) is 0 Å². The van der Waals surface area contributed by atoms with E-state index in [0.717, 1.165) is 12.2 Å². The summed E-state index contributed by atoms with van der Waals surface area (Å²) in [5.74, 6) is 0.784. The third-order valence-corrected chi connectivity index (χ3v) is 2.70. The highest BCUT2D eigenvalue weighted by atomic mass is 32.2. The highest BCUT2D eigenvalue weighted by molar-refractivity contribution is 7.99. The van der Waals surface area contributed by atoms with E-state index < -0.39 is 0 Å². The first-order valence-corrected chi connectivity index (χ1v) is 5.59. The van der Waals surface area contributed by atoms with Gasteiger partial charge in [-0.2, -0.15) is 0 Å². The Bertz CT molecular complexity index is 272. The van der Waals surface area contributed by atoms with Gasteiger partial charge in [0.2, 0.25) is 0 Å². The highest BCUT2D eigenvalue weighted by Gasteiger charge is 1.94. The topological polar surface area (TPSA) is 26.3 Å². The van der Waals surface area contributed by atoms with Gasteiger partial charge in [0.05, 0.1) is 6.61 Å². The lowest BCUT2D eigenvalue weighted by Gasteiger charge is -2.01. The van der Waals surface area contributed by atoms with Crippen molar-refractivity contribution in [1.82, 2.24) is 0 Å². The van der Waals surface area contributed by atoms with Crippen LogP contribution in [-0.4, -0.2) is 18.3 Å². The maximum atomic E-state index is 10.4. The van der Waals surface area contributed by atoms with Gasteiger partial charge in [0.15, 0.2) is 0 Å². The summed E-state index contributed by atoms with van der Waals surface area (Å²) in [6.45, 7) is 1.96. The summed E-state index contributed by atoms with van der Waals surface area (Å²) in [5.41, 5.74) is 0. The number of carbonyl (C=O) groups is 1. The van der Waals surface area contributed by atoms with Crippen molar-refractivity contribution in [2.24, 2.45) is 0 Å². The monoisotopic (exact) mass is 210 g/mol. The third-order valence-electron chi connectivity index (χ3n) is 1.61. The number of benzene rings is 1. The standard InChI is InChI=1S/C11H14O2S/c1-10(12)13-8-5-9-14-11-6-3-2-4-7-11/h2-4,6-7H,5,8-9H2,1H3. The van der Waals surface area contributed by atoms with Crippen molar-refractivity contribution in [1.29, 1.82) is 0 Å². The van der Waals surface area contributed by atoms with Crippen molar-refractivity contribution in [2.75, 3.05) is 12.4 Å². The molecular formula is C11H14O2S. The second kappa shape index (κ2) is 6.49. The fourth-order valence-electron chi connectivity index (χ4n) is 0.982. The van der Waals surface area contributed by atoms with Gasteiger partial charge < -0.3 is 4.74 Å². The predicted octanol–water partition coefficient (Wildman–Crippen LogP) is 2.73. The van der Waals surface area contributed by atoms with Gasteiger partial charge >= 0.3 is 5.97 Å². The molecule has 0 aliphatic heterocycles. The molecule has 0 unspecified atom stereocenters. The first kappa shape index (κ1) is 11.1. The Kier molecular flexibility index (Phi) is 5.15. The molecule has 0 saturated carbocycles. The zero-order chi connectivity index (χ0) is 10.2. The third kappa shape index (κ3) is 4.92. The van der Waals surface area contributed by atoms with E-state index >= 15 is 0 Å². The number of ether oxygens (including phenoxy) is 1. The summed E-state index contributed by atoms with van der Waals surface area (Å²) in [4.78, 5) is 11.7. The van der Waals surface area contributed by atoms with Crippen molar-refractivity contribution < 1.29 is 9.53 Å². The fraction of sp³-hybridized carbons (Fsp3) is 0.364. The summed E-state index contributed by atoms with van der Waals surface area (Å²) >= 11 is 1.78. The minimum absolute atomic E-state index is 0.199. The Morgan fingerprint density at radius 1 is 1.36 bits per heavy atom. The Morgan fingerprint density at radius 2 is 2.07 bits per heavy atom. The Labute approximate surface area is 88.7 Å². The molecular weight excluding hydrogens is 196 g/mol.